The Bertz CT molecular complexity index is 226. The highest BCUT2D eigenvalue weighted by atomic mass is 15.1. The second kappa shape index (κ2) is 12.5. The molecule has 0 bridgehead atoms. The van der Waals surface area contributed by atoms with Gasteiger partial charge < -0.3 is 4.90 Å². The van der Waals surface area contributed by atoms with Crippen molar-refractivity contribution in [2.75, 3.05) is 20.1 Å². The van der Waals surface area contributed by atoms with Crippen LogP contribution in [0.15, 0.2) is 0 Å². The molecule has 0 aromatic heterocycles. The van der Waals surface area contributed by atoms with Crippen LogP contribution in [-0.4, -0.2) is 25.0 Å². The van der Waals surface area contributed by atoms with Crippen molar-refractivity contribution in [2.45, 2.75) is 97.3 Å². The van der Waals surface area contributed by atoms with Gasteiger partial charge in [-0.2, -0.15) is 0 Å². The van der Waals surface area contributed by atoms with E-state index in [1.807, 2.05) is 0 Å². The normalized spacial score (nSPS) is 21.0. The lowest BCUT2D eigenvalue weighted by molar-refractivity contribution is 0.273. The van der Waals surface area contributed by atoms with E-state index in [4.69, 9.17) is 0 Å². The fourth-order valence-electron chi connectivity index (χ4n) is 3.99. The van der Waals surface area contributed by atoms with Crippen molar-refractivity contribution in [3.05, 3.63) is 0 Å². The van der Waals surface area contributed by atoms with Gasteiger partial charge in [-0.25, -0.2) is 0 Å². The van der Waals surface area contributed by atoms with Gasteiger partial charge in [0.25, 0.3) is 0 Å². The molecule has 0 saturated carbocycles. The number of likely N-dealkylation sites (tertiary alicyclic amines) is 1. The highest BCUT2D eigenvalue weighted by Gasteiger charge is 2.26. The van der Waals surface area contributed by atoms with E-state index in [-0.39, 0.29) is 0 Å². The van der Waals surface area contributed by atoms with Crippen LogP contribution in [0.1, 0.15) is 97.3 Å². The van der Waals surface area contributed by atoms with Gasteiger partial charge in [0.2, 0.25) is 0 Å². The molecule has 1 nitrogen and oxygen atoms in total. The van der Waals surface area contributed by atoms with Gasteiger partial charge in [-0.1, -0.05) is 90.9 Å². The van der Waals surface area contributed by atoms with Crippen LogP contribution in [-0.2, 0) is 0 Å². The van der Waals surface area contributed by atoms with Crippen LogP contribution in [0, 0.1) is 11.8 Å². The third kappa shape index (κ3) is 8.86. The van der Waals surface area contributed by atoms with Crippen LogP contribution >= 0.6 is 0 Å². The Morgan fingerprint density at radius 3 is 1.86 bits per heavy atom. The smallest absolute Gasteiger partial charge is 0.000973 e. The van der Waals surface area contributed by atoms with E-state index >= 15 is 0 Å². The second-order valence-electron chi connectivity index (χ2n) is 7.48. The SMILES string of the molecule is CCCCCCCCC(CCCCCC)[C@@H]1CCN(C)C1. The molecule has 1 unspecified atom stereocenters. The topological polar surface area (TPSA) is 3.24 Å². The lowest BCUT2D eigenvalue weighted by atomic mass is 9.83. The van der Waals surface area contributed by atoms with Crippen LogP contribution in [0.5, 0.6) is 0 Å². The molecule has 1 heterocycles. The fourth-order valence-corrected chi connectivity index (χ4v) is 3.99. The number of nitrogens with zero attached hydrogens (tertiary/aromatic N) is 1. The van der Waals surface area contributed by atoms with Gasteiger partial charge in [0, 0.05) is 6.54 Å². The Morgan fingerprint density at radius 2 is 1.33 bits per heavy atom. The summed E-state index contributed by atoms with van der Waals surface area (Å²) in [5.74, 6) is 2.03. The van der Waals surface area contributed by atoms with Gasteiger partial charge >= 0.3 is 0 Å². The summed E-state index contributed by atoms with van der Waals surface area (Å²) in [6.45, 7) is 7.34. The Hall–Kier alpha value is -0.0400. The summed E-state index contributed by atoms with van der Waals surface area (Å²) in [4.78, 5) is 2.55. The van der Waals surface area contributed by atoms with Crippen molar-refractivity contribution in [1.82, 2.24) is 4.90 Å². The number of rotatable bonds is 13. The van der Waals surface area contributed by atoms with Crippen molar-refractivity contribution in [3.63, 3.8) is 0 Å². The lowest BCUT2D eigenvalue weighted by Crippen LogP contribution is -2.20. The van der Waals surface area contributed by atoms with Crippen molar-refractivity contribution in [3.8, 4) is 0 Å². The van der Waals surface area contributed by atoms with Crippen molar-refractivity contribution in [2.24, 2.45) is 11.8 Å². The molecular weight excluding hydrogens is 254 g/mol. The average Bonchev–Trinajstić information content (AvgIpc) is 2.91. The third-order valence-electron chi connectivity index (χ3n) is 5.45. The van der Waals surface area contributed by atoms with Crippen LogP contribution < -0.4 is 0 Å². The van der Waals surface area contributed by atoms with Crippen molar-refractivity contribution >= 4 is 0 Å². The number of hydrogen-bond donors (Lipinski definition) is 0. The molecule has 1 aliphatic heterocycles. The Morgan fingerprint density at radius 1 is 0.810 bits per heavy atom. The summed E-state index contributed by atoms with van der Waals surface area (Å²) in [5, 5.41) is 0. The Labute approximate surface area is 134 Å². The van der Waals surface area contributed by atoms with Gasteiger partial charge in [0.05, 0.1) is 0 Å². The summed E-state index contributed by atoms with van der Waals surface area (Å²) in [5.41, 5.74) is 0. The van der Waals surface area contributed by atoms with E-state index in [1.54, 1.807) is 0 Å². The summed E-state index contributed by atoms with van der Waals surface area (Å²) >= 11 is 0. The first kappa shape index (κ1) is 19.0. The quantitative estimate of drug-likeness (QED) is 0.362. The monoisotopic (exact) mass is 295 g/mol. The van der Waals surface area contributed by atoms with Crippen LogP contribution in [0.2, 0.25) is 0 Å². The minimum atomic E-state index is 1.01. The molecule has 0 N–H and O–H groups in total. The van der Waals surface area contributed by atoms with Crippen molar-refractivity contribution < 1.29 is 0 Å². The molecule has 0 spiro atoms. The summed E-state index contributed by atoms with van der Waals surface area (Å²) in [6.07, 6.45) is 18.9. The van der Waals surface area contributed by atoms with E-state index in [0.717, 1.165) is 11.8 Å². The molecule has 1 aliphatic rings. The Balaban J connectivity index is 2.20. The lowest BCUT2D eigenvalue weighted by Gasteiger charge is -2.23. The van der Waals surface area contributed by atoms with E-state index in [2.05, 4.69) is 25.8 Å². The third-order valence-corrected chi connectivity index (χ3v) is 5.45. The number of unbranched alkanes of at least 4 members (excludes halogenated alkanes) is 8. The molecule has 1 saturated heterocycles. The molecule has 0 aliphatic carbocycles. The first-order chi connectivity index (χ1) is 10.3. The molecule has 0 amide bonds. The predicted octanol–water partition coefficient (Wildman–Crippen LogP) is 6.28. The molecule has 0 radical (unpaired) electrons. The minimum Gasteiger partial charge on any atom is -0.306 e. The van der Waals surface area contributed by atoms with E-state index in [1.165, 1.54) is 96.6 Å². The average molecular weight is 296 g/mol. The molecule has 0 aromatic rings. The van der Waals surface area contributed by atoms with Gasteiger partial charge in [0.15, 0.2) is 0 Å². The van der Waals surface area contributed by atoms with Crippen molar-refractivity contribution in [1.29, 1.82) is 0 Å². The maximum Gasteiger partial charge on any atom is 0.000973 e. The minimum absolute atomic E-state index is 1.01. The summed E-state index contributed by atoms with van der Waals surface area (Å²) in [7, 11) is 2.30. The zero-order chi connectivity index (χ0) is 15.3. The van der Waals surface area contributed by atoms with Gasteiger partial charge in [0.1, 0.15) is 0 Å². The number of hydrogen-bond acceptors (Lipinski definition) is 1. The molecule has 1 rings (SSSR count). The molecular formula is C20H41N. The molecule has 126 valence electrons. The van der Waals surface area contributed by atoms with Gasteiger partial charge in [-0.05, 0) is 31.8 Å². The highest BCUT2D eigenvalue weighted by Crippen LogP contribution is 2.31. The second-order valence-corrected chi connectivity index (χ2v) is 7.48. The fraction of sp³-hybridized carbons (Fsp3) is 1.00. The highest BCUT2D eigenvalue weighted by molar-refractivity contribution is 4.79. The first-order valence-corrected chi connectivity index (χ1v) is 9.96. The van der Waals surface area contributed by atoms with Gasteiger partial charge in [-0.3, -0.25) is 0 Å². The van der Waals surface area contributed by atoms with Crippen LogP contribution in [0.25, 0.3) is 0 Å². The summed E-state index contributed by atoms with van der Waals surface area (Å²) < 4.78 is 0. The Kier molecular flexibility index (Phi) is 11.3. The zero-order valence-corrected chi connectivity index (χ0v) is 15.2. The van der Waals surface area contributed by atoms with Crippen LogP contribution in [0.4, 0.5) is 0 Å². The molecule has 1 heteroatoms. The van der Waals surface area contributed by atoms with E-state index < -0.39 is 0 Å². The molecule has 0 aromatic carbocycles. The maximum atomic E-state index is 2.55. The van der Waals surface area contributed by atoms with E-state index in [9.17, 15) is 0 Å². The maximum absolute atomic E-state index is 2.55. The molecule has 1 fully saturated rings. The summed E-state index contributed by atoms with van der Waals surface area (Å²) in [6, 6.07) is 0. The standard InChI is InChI=1S/C20H41N/c1-4-6-8-10-11-13-15-19(14-12-9-7-5-2)20-16-17-21(3)18-20/h19-20H,4-18H2,1-3H3/t19?,20-/m1/s1. The predicted molar refractivity (Wildman–Crippen MR) is 95.8 cm³/mol. The zero-order valence-electron chi connectivity index (χ0n) is 15.2. The molecule has 2 atom stereocenters. The van der Waals surface area contributed by atoms with Crippen LogP contribution in [0.3, 0.4) is 0 Å². The first-order valence-electron chi connectivity index (χ1n) is 9.96. The largest absolute Gasteiger partial charge is 0.306 e. The van der Waals surface area contributed by atoms with E-state index in [0.29, 0.717) is 0 Å². The van der Waals surface area contributed by atoms with Gasteiger partial charge in [-0.15, -0.1) is 0 Å². The molecule has 21 heavy (non-hydrogen) atoms.